The SMILES string of the molecule is Cc1ccc(-n2nc3cc(N)c(Cl)cc3n2)cc1C. The molecule has 5 heteroatoms. The third kappa shape index (κ3) is 2.04. The van der Waals surface area contributed by atoms with Crippen molar-refractivity contribution >= 4 is 28.3 Å². The summed E-state index contributed by atoms with van der Waals surface area (Å²) >= 11 is 5.99. The molecule has 3 aromatic rings. The summed E-state index contributed by atoms with van der Waals surface area (Å²) in [6, 6.07) is 9.57. The van der Waals surface area contributed by atoms with E-state index in [1.807, 2.05) is 6.07 Å². The van der Waals surface area contributed by atoms with Crippen molar-refractivity contribution < 1.29 is 0 Å². The van der Waals surface area contributed by atoms with E-state index in [-0.39, 0.29) is 0 Å². The van der Waals surface area contributed by atoms with Gasteiger partial charge in [-0.05, 0) is 49.2 Å². The molecule has 1 heterocycles. The molecule has 2 aromatic carbocycles. The first-order chi connectivity index (χ1) is 9.04. The molecular weight excluding hydrogens is 260 g/mol. The molecule has 0 unspecified atom stereocenters. The van der Waals surface area contributed by atoms with Crippen LogP contribution in [-0.4, -0.2) is 15.0 Å². The lowest BCUT2D eigenvalue weighted by Crippen LogP contribution is -1.99. The van der Waals surface area contributed by atoms with E-state index in [1.54, 1.807) is 16.9 Å². The Hall–Kier alpha value is -2.07. The van der Waals surface area contributed by atoms with Crippen LogP contribution in [-0.2, 0) is 0 Å². The minimum Gasteiger partial charge on any atom is -0.397 e. The molecule has 0 radical (unpaired) electrons. The van der Waals surface area contributed by atoms with E-state index in [0.717, 1.165) is 16.7 Å². The Balaban J connectivity index is 2.17. The van der Waals surface area contributed by atoms with Gasteiger partial charge in [0.25, 0.3) is 0 Å². The van der Waals surface area contributed by atoms with Gasteiger partial charge in [-0.1, -0.05) is 17.7 Å². The first kappa shape index (κ1) is 12.0. The average Bonchev–Trinajstić information content (AvgIpc) is 2.76. The summed E-state index contributed by atoms with van der Waals surface area (Å²) in [4.78, 5) is 1.60. The second kappa shape index (κ2) is 4.24. The molecule has 0 fully saturated rings. The highest BCUT2D eigenvalue weighted by atomic mass is 35.5. The van der Waals surface area contributed by atoms with Crippen molar-refractivity contribution in [2.45, 2.75) is 13.8 Å². The summed E-state index contributed by atoms with van der Waals surface area (Å²) in [5.74, 6) is 0. The van der Waals surface area contributed by atoms with Crippen LogP contribution in [0.2, 0.25) is 5.02 Å². The second-order valence-corrected chi connectivity index (χ2v) is 5.03. The zero-order valence-corrected chi connectivity index (χ0v) is 11.4. The number of benzene rings is 2. The van der Waals surface area contributed by atoms with Crippen molar-refractivity contribution in [2.24, 2.45) is 0 Å². The van der Waals surface area contributed by atoms with Crippen molar-refractivity contribution in [3.8, 4) is 5.69 Å². The number of nitrogens with zero attached hydrogens (tertiary/aromatic N) is 3. The first-order valence-electron chi connectivity index (χ1n) is 5.94. The van der Waals surface area contributed by atoms with E-state index in [2.05, 4.69) is 36.2 Å². The third-order valence-electron chi connectivity index (χ3n) is 3.22. The van der Waals surface area contributed by atoms with Crippen LogP contribution in [0.15, 0.2) is 30.3 Å². The summed E-state index contributed by atoms with van der Waals surface area (Å²) in [6.07, 6.45) is 0. The van der Waals surface area contributed by atoms with Gasteiger partial charge >= 0.3 is 0 Å². The largest absolute Gasteiger partial charge is 0.397 e. The molecule has 96 valence electrons. The Labute approximate surface area is 115 Å². The van der Waals surface area contributed by atoms with Crippen LogP contribution in [0.5, 0.6) is 0 Å². The fraction of sp³-hybridized carbons (Fsp3) is 0.143. The Kier molecular flexibility index (Phi) is 2.68. The lowest BCUT2D eigenvalue weighted by Gasteiger charge is -2.03. The molecule has 0 aliphatic carbocycles. The molecule has 0 atom stereocenters. The first-order valence-corrected chi connectivity index (χ1v) is 6.32. The monoisotopic (exact) mass is 272 g/mol. The normalized spacial score (nSPS) is 11.1. The molecule has 0 aliphatic rings. The summed E-state index contributed by atoms with van der Waals surface area (Å²) in [5, 5.41) is 9.34. The molecule has 1 aromatic heterocycles. The summed E-state index contributed by atoms with van der Waals surface area (Å²) in [6.45, 7) is 4.14. The molecule has 3 rings (SSSR count). The molecule has 0 spiro atoms. The predicted molar refractivity (Wildman–Crippen MR) is 77.8 cm³/mol. The topological polar surface area (TPSA) is 56.7 Å². The molecule has 0 aliphatic heterocycles. The molecule has 2 N–H and O–H groups in total. The van der Waals surface area contributed by atoms with Crippen molar-refractivity contribution in [1.82, 2.24) is 15.0 Å². The van der Waals surface area contributed by atoms with E-state index in [9.17, 15) is 0 Å². The molecule has 0 saturated heterocycles. The lowest BCUT2D eigenvalue weighted by molar-refractivity contribution is 0.764. The van der Waals surface area contributed by atoms with Gasteiger partial charge in [-0.25, -0.2) is 0 Å². The van der Waals surface area contributed by atoms with E-state index >= 15 is 0 Å². The summed E-state index contributed by atoms with van der Waals surface area (Å²) in [7, 11) is 0. The maximum Gasteiger partial charge on any atom is 0.115 e. The maximum atomic E-state index is 5.99. The van der Waals surface area contributed by atoms with Crippen LogP contribution < -0.4 is 5.73 Å². The highest BCUT2D eigenvalue weighted by Gasteiger charge is 2.08. The fourth-order valence-electron chi connectivity index (χ4n) is 1.92. The number of nitrogen functional groups attached to an aromatic ring is 1. The van der Waals surface area contributed by atoms with Gasteiger partial charge in [0, 0.05) is 0 Å². The standard InChI is InChI=1S/C14H13ClN4/c1-8-3-4-10(5-9(8)2)19-17-13-6-11(15)12(16)7-14(13)18-19/h3-7H,16H2,1-2H3. The van der Waals surface area contributed by atoms with Gasteiger partial charge in [0.05, 0.1) is 16.4 Å². The number of hydrogen-bond acceptors (Lipinski definition) is 3. The van der Waals surface area contributed by atoms with Crippen LogP contribution in [0.4, 0.5) is 5.69 Å². The number of halogens is 1. The van der Waals surface area contributed by atoms with E-state index in [0.29, 0.717) is 10.7 Å². The zero-order chi connectivity index (χ0) is 13.6. The van der Waals surface area contributed by atoms with Gasteiger partial charge in [0.15, 0.2) is 0 Å². The fourth-order valence-corrected chi connectivity index (χ4v) is 2.08. The lowest BCUT2D eigenvalue weighted by atomic mass is 10.1. The summed E-state index contributed by atoms with van der Waals surface area (Å²) in [5.41, 5.74) is 11.1. The Morgan fingerprint density at radius 3 is 2.37 bits per heavy atom. The molecule has 0 saturated carbocycles. The number of anilines is 1. The molecule has 19 heavy (non-hydrogen) atoms. The van der Waals surface area contributed by atoms with Gasteiger partial charge in [-0.2, -0.15) is 4.80 Å². The van der Waals surface area contributed by atoms with Crippen LogP contribution in [0.3, 0.4) is 0 Å². The number of aryl methyl sites for hydroxylation is 2. The van der Waals surface area contributed by atoms with Crippen molar-refractivity contribution in [3.63, 3.8) is 0 Å². The number of nitrogens with two attached hydrogens (primary N) is 1. The number of aromatic nitrogens is 3. The van der Waals surface area contributed by atoms with Gasteiger partial charge in [-0.15, -0.1) is 10.2 Å². The molecular formula is C14H13ClN4. The van der Waals surface area contributed by atoms with Crippen LogP contribution in [0.1, 0.15) is 11.1 Å². The predicted octanol–water partition coefficient (Wildman–Crippen LogP) is 3.27. The minimum atomic E-state index is 0.500. The molecule has 0 amide bonds. The minimum absolute atomic E-state index is 0.500. The van der Waals surface area contributed by atoms with E-state index in [1.165, 1.54) is 11.1 Å². The summed E-state index contributed by atoms with van der Waals surface area (Å²) < 4.78 is 0. The zero-order valence-electron chi connectivity index (χ0n) is 10.7. The van der Waals surface area contributed by atoms with Crippen LogP contribution >= 0.6 is 11.6 Å². The third-order valence-corrected chi connectivity index (χ3v) is 3.55. The van der Waals surface area contributed by atoms with Crippen molar-refractivity contribution in [3.05, 3.63) is 46.5 Å². The Bertz CT molecular complexity index is 737. The quantitative estimate of drug-likeness (QED) is 0.692. The van der Waals surface area contributed by atoms with Gasteiger partial charge < -0.3 is 5.73 Å². The van der Waals surface area contributed by atoms with Gasteiger partial charge in [0.2, 0.25) is 0 Å². The number of fused-ring (bicyclic) bond motifs is 1. The number of hydrogen-bond donors (Lipinski definition) is 1. The van der Waals surface area contributed by atoms with E-state index in [4.69, 9.17) is 17.3 Å². The second-order valence-electron chi connectivity index (χ2n) is 4.62. The molecule has 4 nitrogen and oxygen atoms in total. The van der Waals surface area contributed by atoms with Crippen molar-refractivity contribution in [2.75, 3.05) is 5.73 Å². The van der Waals surface area contributed by atoms with Gasteiger partial charge in [0.1, 0.15) is 11.0 Å². The molecule has 0 bridgehead atoms. The highest BCUT2D eigenvalue weighted by molar-refractivity contribution is 6.33. The van der Waals surface area contributed by atoms with E-state index < -0.39 is 0 Å². The maximum absolute atomic E-state index is 5.99. The number of rotatable bonds is 1. The smallest absolute Gasteiger partial charge is 0.115 e. The van der Waals surface area contributed by atoms with Crippen molar-refractivity contribution in [1.29, 1.82) is 0 Å². The Morgan fingerprint density at radius 2 is 1.68 bits per heavy atom. The Morgan fingerprint density at radius 1 is 1.00 bits per heavy atom. The van der Waals surface area contributed by atoms with Crippen LogP contribution in [0.25, 0.3) is 16.7 Å². The van der Waals surface area contributed by atoms with Gasteiger partial charge in [-0.3, -0.25) is 0 Å². The average molecular weight is 273 g/mol. The van der Waals surface area contributed by atoms with Crippen LogP contribution in [0, 0.1) is 13.8 Å². The highest BCUT2D eigenvalue weighted by Crippen LogP contribution is 2.24.